The Hall–Kier alpha value is -1.82. The first-order chi connectivity index (χ1) is 11.0. The van der Waals surface area contributed by atoms with Crippen LogP contribution in [0.1, 0.15) is 41.1 Å². The molecule has 0 saturated carbocycles. The fourth-order valence-corrected chi connectivity index (χ4v) is 3.78. The first kappa shape index (κ1) is 16.1. The Balaban J connectivity index is 1.61. The third-order valence-electron chi connectivity index (χ3n) is 5.02. The largest absolute Gasteiger partial charge is 0.481 e. The second-order valence-corrected chi connectivity index (χ2v) is 6.53. The van der Waals surface area contributed by atoms with Crippen molar-refractivity contribution in [3.8, 4) is 0 Å². The van der Waals surface area contributed by atoms with Gasteiger partial charge in [-0.25, -0.2) is 0 Å². The number of carbonyl (C=O) groups excluding carboxylic acids is 1. The fourth-order valence-electron chi connectivity index (χ4n) is 3.78. The summed E-state index contributed by atoms with van der Waals surface area (Å²) in [6.07, 6.45) is 1.96. The van der Waals surface area contributed by atoms with Crippen LogP contribution >= 0.6 is 0 Å². The molecular formula is C17H23NO5. The quantitative estimate of drug-likeness (QED) is 0.923. The Labute approximate surface area is 135 Å². The standard InChI is InChI=1S/C17H23NO5/c1-10-9-14(11(2)23-10)16(19)18-6-3-12(4-7-18)15-13(17(20)21)5-8-22-15/h9,12-13,15H,3-8H2,1-2H3,(H,20,21)/t13?,15-/m0/s1. The molecule has 2 aliphatic rings. The maximum Gasteiger partial charge on any atom is 0.309 e. The Bertz CT molecular complexity index is 600. The summed E-state index contributed by atoms with van der Waals surface area (Å²) >= 11 is 0. The zero-order valence-electron chi connectivity index (χ0n) is 13.6. The molecule has 2 atom stereocenters. The number of aryl methyl sites for hydroxylation is 2. The molecule has 0 bridgehead atoms. The topological polar surface area (TPSA) is 80.0 Å². The van der Waals surface area contributed by atoms with Crippen molar-refractivity contribution in [3.63, 3.8) is 0 Å². The van der Waals surface area contributed by atoms with Gasteiger partial charge in [0.25, 0.3) is 5.91 Å². The van der Waals surface area contributed by atoms with Crippen LogP contribution in [0.25, 0.3) is 0 Å². The van der Waals surface area contributed by atoms with E-state index >= 15 is 0 Å². The number of likely N-dealkylation sites (tertiary alicyclic amines) is 1. The summed E-state index contributed by atoms with van der Waals surface area (Å²) in [6.45, 7) is 5.43. The number of furan rings is 1. The van der Waals surface area contributed by atoms with Gasteiger partial charge in [0.05, 0.1) is 17.6 Å². The van der Waals surface area contributed by atoms with Gasteiger partial charge in [-0.15, -0.1) is 0 Å². The van der Waals surface area contributed by atoms with Crippen molar-refractivity contribution in [2.75, 3.05) is 19.7 Å². The van der Waals surface area contributed by atoms with Gasteiger partial charge in [0, 0.05) is 19.7 Å². The van der Waals surface area contributed by atoms with Crippen LogP contribution in [0.3, 0.4) is 0 Å². The van der Waals surface area contributed by atoms with Crippen molar-refractivity contribution in [1.82, 2.24) is 4.90 Å². The number of ether oxygens (including phenoxy) is 1. The molecule has 1 unspecified atom stereocenters. The van der Waals surface area contributed by atoms with Gasteiger partial charge >= 0.3 is 5.97 Å². The van der Waals surface area contributed by atoms with E-state index in [0.29, 0.717) is 37.4 Å². The highest BCUT2D eigenvalue weighted by molar-refractivity contribution is 5.95. The average molecular weight is 321 g/mol. The number of carboxylic acids is 1. The minimum absolute atomic E-state index is 0.0000695. The Morgan fingerprint density at radius 3 is 2.48 bits per heavy atom. The van der Waals surface area contributed by atoms with Gasteiger partial charge in [-0.3, -0.25) is 9.59 Å². The highest BCUT2D eigenvalue weighted by Crippen LogP contribution is 2.33. The first-order valence-electron chi connectivity index (χ1n) is 8.18. The second kappa shape index (κ2) is 6.35. The number of amides is 1. The zero-order chi connectivity index (χ0) is 16.6. The normalized spacial score (nSPS) is 25.7. The Morgan fingerprint density at radius 1 is 1.22 bits per heavy atom. The molecule has 0 radical (unpaired) electrons. The molecule has 1 amide bonds. The van der Waals surface area contributed by atoms with Crippen LogP contribution in [-0.2, 0) is 9.53 Å². The zero-order valence-corrected chi connectivity index (χ0v) is 13.6. The molecule has 6 nitrogen and oxygen atoms in total. The van der Waals surface area contributed by atoms with E-state index in [4.69, 9.17) is 9.15 Å². The van der Waals surface area contributed by atoms with Crippen molar-refractivity contribution in [2.45, 2.75) is 39.2 Å². The maximum atomic E-state index is 12.6. The van der Waals surface area contributed by atoms with E-state index in [-0.39, 0.29) is 17.9 Å². The van der Waals surface area contributed by atoms with E-state index in [1.165, 1.54) is 0 Å². The van der Waals surface area contributed by atoms with Crippen LogP contribution in [-0.4, -0.2) is 47.7 Å². The Morgan fingerprint density at radius 2 is 1.91 bits per heavy atom. The average Bonchev–Trinajstić information content (AvgIpc) is 3.13. The maximum absolute atomic E-state index is 12.6. The summed E-state index contributed by atoms with van der Waals surface area (Å²) in [7, 11) is 0. The van der Waals surface area contributed by atoms with Gasteiger partial charge in [0.1, 0.15) is 11.5 Å². The number of aliphatic carboxylic acids is 1. The van der Waals surface area contributed by atoms with E-state index < -0.39 is 11.9 Å². The van der Waals surface area contributed by atoms with Crippen LogP contribution in [0.4, 0.5) is 0 Å². The lowest BCUT2D eigenvalue weighted by atomic mass is 9.84. The third kappa shape index (κ3) is 3.13. The molecule has 1 N–H and O–H groups in total. The molecule has 2 saturated heterocycles. The molecule has 0 aliphatic carbocycles. The minimum atomic E-state index is -0.768. The van der Waals surface area contributed by atoms with Gasteiger partial charge in [-0.1, -0.05) is 0 Å². The van der Waals surface area contributed by atoms with Crippen molar-refractivity contribution in [2.24, 2.45) is 11.8 Å². The predicted molar refractivity (Wildman–Crippen MR) is 82.3 cm³/mol. The van der Waals surface area contributed by atoms with Crippen LogP contribution in [0.15, 0.2) is 10.5 Å². The molecule has 2 aliphatic heterocycles. The predicted octanol–water partition coefficient (Wildman–Crippen LogP) is 2.24. The lowest BCUT2D eigenvalue weighted by molar-refractivity contribution is -0.145. The van der Waals surface area contributed by atoms with E-state index in [1.54, 1.807) is 13.0 Å². The van der Waals surface area contributed by atoms with Gasteiger partial charge in [0.2, 0.25) is 0 Å². The number of rotatable bonds is 3. The molecule has 1 aromatic rings. The van der Waals surface area contributed by atoms with E-state index in [2.05, 4.69) is 0 Å². The molecular weight excluding hydrogens is 298 g/mol. The molecule has 3 rings (SSSR count). The first-order valence-corrected chi connectivity index (χ1v) is 8.18. The van der Waals surface area contributed by atoms with Crippen molar-refractivity contribution >= 4 is 11.9 Å². The van der Waals surface area contributed by atoms with Gasteiger partial charge in [0.15, 0.2) is 0 Å². The van der Waals surface area contributed by atoms with E-state index in [0.717, 1.165) is 18.6 Å². The van der Waals surface area contributed by atoms with E-state index in [1.807, 2.05) is 11.8 Å². The number of hydrogen-bond acceptors (Lipinski definition) is 4. The molecule has 1 aromatic heterocycles. The smallest absolute Gasteiger partial charge is 0.309 e. The van der Waals surface area contributed by atoms with Crippen molar-refractivity contribution in [3.05, 3.63) is 23.2 Å². The van der Waals surface area contributed by atoms with Crippen molar-refractivity contribution in [1.29, 1.82) is 0 Å². The molecule has 6 heteroatoms. The SMILES string of the molecule is Cc1cc(C(=O)N2CCC([C@@H]3OCCC3C(=O)O)CC2)c(C)o1. The molecule has 0 spiro atoms. The lowest BCUT2D eigenvalue weighted by Crippen LogP contribution is -2.43. The molecule has 23 heavy (non-hydrogen) atoms. The van der Waals surface area contributed by atoms with Gasteiger partial charge in [-0.05, 0) is 45.1 Å². The molecule has 0 aromatic carbocycles. The summed E-state index contributed by atoms with van der Waals surface area (Å²) in [4.78, 5) is 25.7. The second-order valence-electron chi connectivity index (χ2n) is 6.53. The summed E-state index contributed by atoms with van der Waals surface area (Å²) in [5.41, 5.74) is 0.626. The monoisotopic (exact) mass is 321 g/mol. The summed E-state index contributed by atoms with van der Waals surface area (Å²) in [5, 5.41) is 9.28. The lowest BCUT2D eigenvalue weighted by Gasteiger charge is -2.35. The molecule has 3 heterocycles. The highest BCUT2D eigenvalue weighted by Gasteiger charge is 2.41. The molecule has 2 fully saturated rings. The van der Waals surface area contributed by atoms with Gasteiger partial charge in [-0.2, -0.15) is 0 Å². The van der Waals surface area contributed by atoms with Crippen LogP contribution in [0.2, 0.25) is 0 Å². The number of carboxylic acid groups (broad SMARTS) is 1. The fraction of sp³-hybridized carbons (Fsp3) is 0.647. The highest BCUT2D eigenvalue weighted by atomic mass is 16.5. The summed E-state index contributed by atoms with van der Waals surface area (Å²) in [5.74, 6) is 0.440. The van der Waals surface area contributed by atoms with Gasteiger partial charge < -0.3 is 19.2 Å². The molecule has 126 valence electrons. The number of nitrogens with zero attached hydrogens (tertiary/aromatic N) is 1. The summed E-state index contributed by atoms with van der Waals surface area (Å²) < 4.78 is 11.1. The number of piperidine rings is 1. The summed E-state index contributed by atoms with van der Waals surface area (Å²) in [6, 6.07) is 1.78. The third-order valence-corrected chi connectivity index (χ3v) is 5.02. The van der Waals surface area contributed by atoms with Crippen molar-refractivity contribution < 1.29 is 23.8 Å². The van der Waals surface area contributed by atoms with Crippen LogP contribution < -0.4 is 0 Å². The van der Waals surface area contributed by atoms with Crippen LogP contribution in [0.5, 0.6) is 0 Å². The minimum Gasteiger partial charge on any atom is -0.481 e. The van der Waals surface area contributed by atoms with E-state index in [9.17, 15) is 14.7 Å². The number of carbonyl (C=O) groups is 2. The number of hydrogen-bond donors (Lipinski definition) is 1. The van der Waals surface area contributed by atoms with Crippen LogP contribution in [0, 0.1) is 25.7 Å². The Kier molecular flexibility index (Phi) is 4.43.